The van der Waals surface area contributed by atoms with Crippen LogP contribution in [-0.4, -0.2) is 102 Å². The molecule has 12 heteroatoms. The molecule has 0 radical (unpaired) electrons. The highest BCUT2D eigenvalue weighted by Crippen LogP contribution is 2.36. The van der Waals surface area contributed by atoms with Crippen molar-refractivity contribution in [3.63, 3.8) is 0 Å². The first-order valence-electron chi connectivity index (χ1n) is 13.2. The average molecular weight is 537 g/mol. The molecule has 0 unspecified atom stereocenters. The summed E-state index contributed by atoms with van der Waals surface area (Å²) in [4.78, 5) is 23.2. The topological polar surface area (TPSA) is 152 Å². The summed E-state index contributed by atoms with van der Waals surface area (Å²) in [6.45, 7) is 8.91. The molecule has 3 aliphatic heterocycles. The zero-order chi connectivity index (χ0) is 27.2. The SMILES string of the molecule is CCCCCCCC(=O)O[C@@H]1[C@H](OOC[C@H]2OC(C)(C)O[C@@H]2[C@@H]2COC(C)(C)O2)O[C@H](CO)[C@@H](O)[C@@H]1O. The van der Waals surface area contributed by atoms with Gasteiger partial charge in [-0.3, -0.25) is 4.79 Å². The fourth-order valence-electron chi connectivity index (χ4n) is 4.70. The molecule has 0 bridgehead atoms. The van der Waals surface area contributed by atoms with Crippen molar-refractivity contribution in [3.05, 3.63) is 0 Å². The lowest BCUT2D eigenvalue weighted by molar-refractivity contribution is -0.430. The van der Waals surface area contributed by atoms with Gasteiger partial charge in [0.1, 0.15) is 43.2 Å². The first kappa shape index (κ1) is 30.6. The maximum Gasteiger partial charge on any atom is 0.306 e. The Bertz CT molecular complexity index is 716. The number of hydrogen-bond donors (Lipinski definition) is 3. The minimum atomic E-state index is -1.55. The molecule has 3 rings (SSSR count). The first-order chi connectivity index (χ1) is 17.5. The van der Waals surface area contributed by atoms with Crippen LogP contribution in [0.3, 0.4) is 0 Å². The lowest BCUT2D eigenvalue weighted by Gasteiger charge is -2.40. The number of unbranched alkanes of at least 4 members (excludes halogenated alkanes) is 4. The van der Waals surface area contributed by atoms with E-state index < -0.39 is 73.2 Å². The van der Waals surface area contributed by atoms with Crippen molar-refractivity contribution in [3.8, 4) is 0 Å². The smallest absolute Gasteiger partial charge is 0.306 e. The molecule has 37 heavy (non-hydrogen) atoms. The Morgan fingerprint density at radius 2 is 1.68 bits per heavy atom. The van der Waals surface area contributed by atoms with Crippen molar-refractivity contribution in [2.45, 2.75) is 134 Å². The van der Waals surface area contributed by atoms with Gasteiger partial charge in [-0.05, 0) is 34.1 Å². The van der Waals surface area contributed by atoms with Crippen LogP contribution in [-0.2, 0) is 43.0 Å². The van der Waals surface area contributed by atoms with Gasteiger partial charge in [0, 0.05) is 6.42 Å². The molecule has 3 fully saturated rings. The van der Waals surface area contributed by atoms with Gasteiger partial charge in [-0.1, -0.05) is 32.6 Å². The van der Waals surface area contributed by atoms with E-state index in [0.717, 1.165) is 25.7 Å². The normalized spacial score (nSPS) is 37.1. The molecule has 0 aromatic rings. The van der Waals surface area contributed by atoms with Crippen LogP contribution in [0.25, 0.3) is 0 Å². The van der Waals surface area contributed by atoms with Crippen LogP contribution in [0.2, 0.25) is 0 Å². The highest BCUT2D eigenvalue weighted by atomic mass is 17.2. The largest absolute Gasteiger partial charge is 0.454 e. The third kappa shape index (κ3) is 8.53. The van der Waals surface area contributed by atoms with Crippen molar-refractivity contribution in [2.75, 3.05) is 19.8 Å². The van der Waals surface area contributed by atoms with Crippen LogP contribution in [0, 0.1) is 0 Å². The lowest BCUT2D eigenvalue weighted by atomic mass is 9.99. The Morgan fingerprint density at radius 3 is 2.32 bits per heavy atom. The van der Waals surface area contributed by atoms with Gasteiger partial charge in [0.15, 0.2) is 17.7 Å². The summed E-state index contributed by atoms with van der Waals surface area (Å²) in [5.41, 5.74) is 0. The molecule has 12 nitrogen and oxygen atoms in total. The molecule has 3 heterocycles. The summed E-state index contributed by atoms with van der Waals surface area (Å²) in [6, 6.07) is 0. The van der Waals surface area contributed by atoms with Crippen molar-refractivity contribution >= 4 is 5.97 Å². The van der Waals surface area contributed by atoms with Gasteiger partial charge in [-0.2, -0.15) is 0 Å². The minimum absolute atomic E-state index is 0.102. The first-order valence-corrected chi connectivity index (χ1v) is 13.2. The Morgan fingerprint density at radius 1 is 0.946 bits per heavy atom. The van der Waals surface area contributed by atoms with E-state index in [2.05, 4.69) is 6.92 Å². The van der Waals surface area contributed by atoms with Crippen LogP contribution in [0.1, 0.15) is 73.1 Å². The molecule has 0 spiro atoms. The lowest BCUT2D eigenvalue weighted by Crippen LogP contribution is -2.60. The van der Waals surface area contributed by atoms with Gasteiger partial charge < -0.3 is 43.7 Å². The maximum absolute atomic E-state index is 12.4. The van der Waals surface area contributed by atoms with Crippen molar-refractivity contribution in [2.24, 2.45) is 0 Å². The number of esters is 1. The van der Waals surface area contributed by atoms with Crippen molar-refractivity contribution < 1.29 is 58.3 Å². The quantitative estimate of drug-likeness (QED) is 0.135. The summed E-state index contributed by atoms with van der Waals surface area (Å²) in [5.74, 6) is -2.20. The van der Waals surface area contributed by atoms with E-state index in [1.807, 2.05) is 13.8 Å². The second kappa shape index (κ2) is 13.4. The summed E-state index contributed by atoms with van der Waals surface area (Å²) < 4.78 is 34.5. The number of carbonyl (C=O) groups is 1. The molecule has 0 saturated carbocycles. The number of hydrogen-bond acceptors (Lipinski definition) is 12. The molecule has 0 aromatic carbocycles. The van der Waals surface area contributed by atoms with E-state index in [4.69, 9.17) is 38.2 Å². The standard InChI is InChI=1S/C25H44O12/c1-6-7-8-9-10-11-18(27)33-22-20(29)19(28)15(12-26)32-23(22)37-31-14-17-21(36-25(4,5)35-17)16-13-30-24(2,3)34-16/h15-17,19-23,26,28-29H,6-14H2,1-5H3/t15-,16+,17-,19-,20+,21-,22+,23+/m1/s1. The van der Waals surface area contributed by atoms with Crippen LogP contribution in [0.15, 0.2) is 0 Å². The van der Waals surface area contributed by atoms with Gasteiger partial charge in [0.05, 0.1) is 13.2 Å². The van der Waals surface area contributed by atoms with Crippen LogP contribution < -0.4 is 0 Å². The predicted octanol–water partition coefficient (Wildman–Crippen LogP) is 1.32. The van der Waals surface area contributed by atoms with E-state index in [1.54, 1.807) is 13.8 Å². The predicted molar refractivity (Wildman–Crippen MR) is 127 cm³/mol. The molecular weight excluding hydrogens is 492 g/mol. The van der Waals surface area contributed by atoms with Gasteiger partial charge in [-0.25, -0.2) is 9.78 Å². The summed E-state index contributed by atoms with van der Waals surface area (Å²) >= 11 is 0. The van der Waals surface area contributed by atoms with Crippen LogP contribution >= 0.6 is 0 Å². The Labute approximate surface area is 218 Å². The fraction of sp³-hybridized carbons (Fsp3) is 0.960. The van der Waals surface area contributed by atoms with E-state index in [0.29, 0.717) is 13.0 Å². The monoisotopic (exact) mass is 536 g/mol. The molecule has 8 atom stereocenters. The number of carbonyl (C=O) groups excluding carboxylic acids is 1. The number of aliphatic hydroxyl groups is 3. The minimum Gasteiger partial charge on any atom is -0.454 e. The highest BCUT2D eigenvalue weighted by molar-refractivity contribution is 5.69. The third-order valence-electron chi connectivity index (χ3n) is 6.59. The second-order valence-electron chi connectivity index (χ2n) is 10.7. The van der Waals surface area contributed by atoms with E-state index in [-0.39, 0.29) is 13.0 Å². The molecule has 0 aliphatic carbocycles. The number of ether oxygens (including phenoxy) is 6. The zero-order valence-corrected chi connectivity index (χ0v) is 22.5. The Hall–Kier alpha value is -0.930. The van der Waals surface area contributed by atoms with Gasteiger partial charge >= 0.3 is 5.97 Å². The van der Waals surface area contributed by atoms with E-state index in [9.17, 15) is 20.1 Å². The Balaban J connectivity index is 1.57. The van der Waals surface area contributed by atoms with Gasteiger partial charge in [0.25, 0.3) is 0 Å². The van der Waals surface area contributed by atoms with E-state index >= 15 is 0 Å². The van der Waals surface area contributed by atoms with Crippen LogP contribution in [0.4, 0.5) is 0 Å². The molecule has 0 amide bonds. The van der Waals surface area contributed by atoms with Crippen LogP contribution in [0.5, 0.6) is 0 Å². The molecule has 216 valence electrons. The molecular formula is C25H44O12. The van der Waals surface area contributed by atoms with Gasteiger partial charge in [-0.15, -0.1) is 0 Å². The number of rotatable bonds is 13. The zero-order valence-electron chi connectivity index (χ0n) is 22.5. The van der Waals surface area contributed by atoms with Crippen molar-refractivity contribution in [1.82, 2.24) is 0 Å². The van der Waals surface area contributed by atoms with Gasteiger partial charge in [0.2, 0.25) is 6.29 Å². The maximum atomic E-state index is 12.4. The summed E-state index contributed by atoms with van der Waals surface area (Å²) in [6.07, 6.45) is -3.52. The number of aliphatic hydroxyl groups excluding tert-OH is 3. The fourth-order valence-corrected chi connectivity index (χ4v) is 4.70. The highest BCUT2D eigenvalue weighted by Gasteiger charge is 2.51. The summed E-state index contributed by atoms with van der Waals surface area (Å²) in [7, 11) is 0. The Kier molecular flexibility index (Phi) is 11.1. The molecule has 3 aliphatic rings. The second-order valence-corrected chi connectivity index (χ2v) is 10.7. The van der Waals surface area contributed by atoms with E-state index in [1.165, 1.54) is 0 Å². The third-order valence-corrected chi connectivity index (χ3v) is 6.59. The average Bonchev–Trinajstić information content (AvgIpc) is 3.35. The summed E-state index contributed by atoms with van der Waals surface area (Å²) in [5, 5.41) is 30.4. The molecule has 3 saturated heterocycles. The molecule has 0 aromatic heterocycles. The van der Waals surface area contributed by atoms with Crippen molar-refractivity contribution in [1.29, 1.82) is 0 Å². The molecule has 3 N–H and O–H groups in total.